The van der Waals surface area contributed by atoms with Crippen molar-refractivity contribution in [1.29, 1.82) is 0 Å². The highest BCUT2D eigenvalue weighted by Crippen LogP contribution is 2.31. The summed E-state index contributed by atoms with van der Waals surface area (Å²) >= 11 is 7.94. The summed E-state index contributed by atoms with van der Waals surface area (Å²) in [6.07, 6.45) is 1.48. The third-order valence-corrected chi connectivity index (χ3v) is 9.29. The number of thioether (sulfide) groups is 1. The Bertz CT molecular complexity index is 1630. The van der Waals surface area contributed by atoms with Crippen molar-refractivity contribution < 1.29 is 18.7 Å². The molecule has 2 aromatic heterocycles. The number of nitrogens with zero attached hydrogens (tertiary/aromatic N) is 5. The van der Waals surface area contributed by atoms with E-state index in [9.17, 15) is 9.59 Å². The van der Waals surface area contributed by atoms with Crippen LogP contribution in [0.5, 0.6) is 0 Å². The highest BCUT2D eigenvalue weighted by atomic mass is 35.5. The molecule has 0 spiro atoms. The first kappa shape index (κ1) is 31.0. The summed E-state index contributed by atoms with van der Waals surface area (Å²) in [5.74, 6) is 1.53. The van der Waals surface area contributed by atoms with Crippen LogP contribution in [0.2, 0.25) is 5.02 Å². The molecule has 0 aliphatic carbocycles. The van der Waals surface area contributed by atoms with Crippen LogP contribution in [0.1, 0.15) is 36.1 Å². The monoisotopic (exact) mass is 645 g/mol. The third-order valence-electron chi connectivity index (χ3n) is 8.10. The second kappa shape index (κ2) is 14.4. The van der Waals surface area contributed by atoms with Crippen molar-refractivity contribution in [2.24, 2.45) is 5.92 Å². The van der Waals surface area contributed by atoms with E-state index in [4.69, 9.17) is 30.7 Å². The topological polar surface area (TPSA) is 92.0 Å². The summed E-state index contributed by atoms with van der Waals surface area (Å²) in [5.41, 5.74) is 2.93. The quantitative estimate of drug-likeness (QED) is 0.116. The number of hydrogen-bond acceptors (Lipinski definition) is 9. The molecule has 2 saturated heterocycles. The van der Waals surface area contributed by atoms with Gasteiger partial charge >= 0.3 is 5.97 Å². The molecule has 0 N–H and O–H groups in total. The standard InChI is InChI=1S/C34H36ClN5O4S/c1-2-43-33(42)25-11-8-16-40(22-25)32(41)30-15-14-26(44-30)23-45-34-36-28(24-9-4-3-5-10-24)21-31(37-34)39-19-17-38(18-20-39)29-13-7-6-12-27(29)35/h3-7,9-10,12-15,21,25H,2,8,11,16-20,22-23H2,1H3. The average Bonchev–Trinajstić information content (AvgIpc) is 3.57. The van der Waals surface area contributed by atoms with E-state index in [1.165, 1.54) is 11.8 Å². The zero-order valence-corrected chi connectivity index (χ0v) is 26.8. The Morgan fingerprint density at radius 3 is 2.49 bits per heavy atom. The fourth-order valence-electron chi connectivity index (χ4n) is 5.76. The third kappa shape index (κ3) is 7.45. The number of aromatic nitrogens is 2. The number of carbonyl (C=O) groups is 2. The number of furan rings is 1. The molecular formula is C34H36ClN5O4S. The molecule has 4 heterocycles. The van der Waals surface area contributed by atoms with Crippen LogP contribution in [0, 0.1) is 5.92 Å². The summed E-state index contributed by atoms with van der Waals surface area (Å²) in [4.78, 5) is 41.5. The van der Waals surface area contributed by atoms with Gasteiger partial charge in [0.2, 0.25) is 0 Å². The summed E-state index contributed by atoms with van der Waals surface area (Å²) in [7, 11) is 0. The van der Waals surface area contributed by atoms with Crippen LogP contribution in [0.4, 0.5) is 11.5 Å². The number of benzene rings is 2. The van der Waals surface area contributed by atoms with Crippen LogP contribution in [0.3, 0.4) is 0 Å². The van der Waals surface area contributed by atoms with E-state index >= 15 is 0 Å². The number of carbonyl (C=O) groups excluding carboxylic acids is 2. The second-order valence-electron chi connectivity index (χ2n) is 11.1. The molecule has 0 radical (unpaired) electrons. The van der Waals surface area contributed by atoms with Crippen molar-refractivity contribution in [3.8, 4) is 11.3 Å². The van der Waals surface area contributed by atoms with Crippen LogP contribution in [0.15, 0.2) is 82.4 Å². The van der Waals surface area contributed by atoms with Crippen molar-refractivity contribution in [2.75, 3.05) is 55.7 Å². The molecule has 234 valence electrons. The maximum absolute atomic E-state index is 13.2. The molecule has 0 saturated carbocycles. The number of ether oxygens (including phenoxy) is 1. The maximum atomic E-state index is 13.2. The smallest absolute Gasteiger partial charge is 0.310 e. The van der Waals surface area contributed by atoms with Gasteiger partial charge in [0, 0.05) is 50.9 Å². The highest BCUT2D eigenvalue weighted by molar-refractivity contribution is 7.98. The van der Waals surface area contributed by atoms with Crippen molar-refractivity contribution in [3.63, 3.8) is 0 Å². The minimum absolute atomic E-state index is 0.208. The Labute approximate surface area is 272 Å². The molecule has 45 heavy (non-hydrogen) atoms. The predicted molar refractivity (Wildman–Crippen MR) is 177 cm³/mol. The van der Waals surface area contributed by atoms with Crippen LogP contribution >= 0.6 is 23.4 Å². The van der Waals surface area contributed by atoms with Gasteiger partial charge in [-0.25, -0.2) is 9.97 Å². The minimum atomic E-state index is -0.296. The molecule has 1 unspecified atom stereocenters. The lowest BCUT2D eigenvalue weighted by atomic mass is 9.98. The van der Waals surface area contributed by atoms with E-state index in [2.05, 4.69) is 21.9 Å². The lowest BCUT2D eigenvalue weighted by Gasteiger charge is -2.37. The van der Waals surface area contributed by atoms with E-state index in [1.54, 1.807) is 17.9 Å². The first-order chi connectivity index (χ1) is 22.0. The number of amides is 1. The molecule has 2 aliphatic rings. The van der Waals surface area contributed by atoms with E-state index in [1.807, 2.05) is 54.6 Å². The summed E-state index contributed by atoms with van der Waals surface area (Å²) in [6, 6.07) is 23.6. The van der Waals surface area contributed by atoms with Gasteiger partial charge in [-0.15, -0.1) is 0 Å². The van der Waals surface area contributed by atoms with E-state index in [-0.39, 0.29) is 23.6 Å². The van der Waals surface area contributed by atoms with Crippen LogP contribution in [-0.2, 0) is 15.3 Å². The Morgan fingerprint density at radius 1 is 0.956 bits per heavy atom. The summed E-state index contributed by atoms with van der Waals surface area (Å²) in [6.45, 7) is 6.33. The maximum Gasteiger partial charge on any atom is 0.310 e. The second-order valence-corrected chi connectivity index (χ2v) is 12.4. The number of anilines is 2. The fourth-order valence-corrected chi connectivity index (χ4v) is 6.76. The largest absolute Gasteiger partial charge is 0.466 e. The lowest BCUT2D eigenvalue weighted by Crippen LogP contribution is -2.47. The molecule has 2 aromatic carbocycles. The van der Waals surface area contributed by atoms with Gasteiger partial charge in [-0.2, -0.15) is 0 Å². The number of hydrogen-bond donors (Lipinski definition) is 0. The van der Waals surface area contributed by atoms with Crippen LogP contribution < -0.4 is 9.80 Å². The molecule has 0 bridgehead atoms. The molecule has 2 fully saturated rings. The SMILES string of the molecule is CCOC(=O)C1CCCN(C(=O)c2ccc(CSc3nc(-c4ccccc4)cc(N4CCN(c5ccccc5Cl)CC4)n3)o2)C1. The number of para-hydroxylation sites is 1. The first-order valence-corrected chi connectivity index (χ1v) is 16.7. The zero-order chi connectivity index (χ0) is 31.2. The van der Waals surface area contributed by atoms with Crippen LogP contribution in [0.25, 0.3) is 11.3 Å². The molecule has 6 rings (SSSR count). The van der Waals surface area contributed by atoms with Gasteiger partial charge < -0.3 is 23.9 Å². The Kier molecular flexibility index (Phi) is 9.91. The summed E-state index contributed by atoms with van der Waals surface area (Å²) in [5, 5.41) is 1.40. The molecular weight excluding hydrogens is 610 g/mol. The van der Waals surface area contributed by atoms with Gasteiger partial charge in [-0.1, -0.05) is 65.8 Å². The lowest BCUT2D eigenvalue weighted by molar-refractivity contribution is -0.149. The van der Waals surface area contributed by atoms with Crippen LogP contribution in [-0.4, -0.2) is 72.6 Å². The molecule has 2 aliphatic heterocycles. The zero-order valence-electron chi connectivity index (χ0n) is 25.2. The fraction of sp³-hybridized carbons (Fsp3) is 0.353. The summed E-state index contributed by atoms with van der Waals surface area (Å²) < 4.78 is 11.2. The van der Waals surface area contributed by atoms with Crippen molar-refractivity contribution >= 4 is 46.7 Å². The number of rotatable bonds is 9. The molecule has 1 atom stereocenters. The molecule has 9 nitrogen and oxygen atoms in total. The average molecular weight is 646 g/mol. The van der Waals surface area contributed by atoms with Crippen molar-refractivity contribution in [1.82, 2.24) is 14.9 Å². The normalized spacial score (nSPS) is 16.9. The van der Waals surface area contributed by atoms with E-state index < -0.39 is 0 Å². The van der Waals surface area contributed by atoms with Gasteiger partial charge in [-0.3, -0.25) is 9.59 Å². The number of piperidine rings is 1. The van der Waals surface area contributed by atoms with Crippen molar-refractivity contribution in [2.45, 2.75) is 30.7 Å². The van der Waals surface area contributed by atoms with E-state index in [0.29, 0.717) is 36.4 Å². The van der Waals surface area contributed by atoms with Gasteiger partial charge in [0.1, 0.15) is 11.6 Å². The number of halogens is 1. The Morgan fingerprint density at radius 2 is 1.71 bits per heavy atom. The molecule has 1 amide bonds. The minimum Gasteiger partial charge on any atom is -0.466 e. The number of esters is 1. The van der Waals surface area contributed by atoms with Gasteiger partial charge in [-0.05, 0) is 44.0 Å². The highest BCUT2D eigenvalue weighted by Gasteiger charge is 2.31. The Balaban J connectivity index is 1.14. The Hall–Kier alpha value is -4.02. The number of likely N-dealkylation sites (tertiary alicyclic amines) is 1. The predicted octanol–water partition coefficient (Wildman–Crippen LogP) is 6.42. The van der Waals surface area contributed by atoms with Crippen molar-refractivity contribution in [3.05, 3.63) is 89.3 Å². The first-order valence-electron chi connectivity index (χ1n) is 15.3. The van der Waals surface area contributed by atoms with Gasteiger partial charge in [0.05, 0.1) is 34.7 Å². The molecule has 11 heteroatoms. The molecule has 4 aromatic rings. The van der Waals surface area contributed by atoms with Gasteiger partial charge in [0.25, 0.3) is 5.91 Å². The number of piperazine rings is 1. The van der Waals surface area contributed by atoms with Gasteiger partial charge in [0.15, 0.2) is 10.9 Å². The van der Waals surface area contributed by atoms with E-state index in [0.717, 1.165) is 66.8 Å².